The molecule has 29 heavy (non-hydrogen) atoms. The second-order valence-electron chi connectivity index (χ2n) is 6.54. The number of hydrogen-bond acceptors (Lipinski definition) is 5. The smallest absolute Gasteiger partial charge is 0.265 e. The van der Waals surface area contributed by atoms with E-state index in [1.54, 1.807) is 66.7 Å². The number of aryl methyl sites for hydroxylation is 1. The molecule has 5 aromatic rings. The van der Waals surface area contributed by atoms with E-state index in [4.69, 9.17) is 11.6 Å². The molecule has 4 heterocycles. The van der Waals surface area contributed by atoms with Gasteiger partial charge >= 0.3 is 0 Å². The highest BCUT2D eigenvalue weighted by Gasteiger charge is 2.23. The highest BCUT2D eigenvalue weighted by molar-refractivity contribution is 7.90. The molecule has 0 unspecified atom stereocenters. The second-order valence-corrected chi connectivity index (χ2v) is 8.71. The third-order valence-corrected chi connectivity index (χ3v) is 6.71. The van der Waals surface area contributed by atoms with E-state index in [0.29, 0.717) is 33.0 Å². The number of benzene rings is 1. The van der Waals surface area contributed by atoms with Gasteiger partial charge in [0.05, 0.1) is 16.8 Å². The van der Waals surface area contributed by atoms with Gasteiger partial charge in [0.25, 0.3) is 10.0 Å². The third kappa shape index (κ3) is 2.72. The summed E-state index contributed by atoms with van der Waals surface area (Å²) in [5, 5.41) is 6.00. The fourth-order valence-corrected chi connectivity index (χ4v) is 5.08. The van der Waals surface area contributed by atoms with Gasteiger partial charge in [-0.25, -0.2) is 22.4 Å². The van der Waals surface area contributed by atoms with Crippen LogP contribution in [0.3, 0.4) is 0 Å². The maximum absolute atomic E-state index is 13.2. The van der Waals surface area contributed by atoms with Crippen LogP contribution in [-0.2, 0) is 17.1 Å². The molecule has 0 saturated carbocycles. The summed E-state index contributed by atoms with van der Waals surface area (Å²) in [4.78, 5) is 8.99. The number of rotatable bonds is 3. The summed E-state index contributed by atoms with van der Waals surface area (Å²) in [5.41, 5.74) is 2.22. The maximum atomic E-state index is 13.2. The van der Waals surface area contributed by atoms with Gasteiger partial charge in [-0.3, -0.25) is 4.68 Å². The Morgan fingerprint density at radius 2 is 1.86 bits per heavy atom. The lowest BCUT2D eigenvalue weighted by Gasteiger charge is -2.06. The summed E-state index contributed by atoms with van der Waals surface area (Å²) in [6.07, 6.45) is 4.80. The molecule has 4 aromatic heterocycles. The molecule has 9 heteroatoms. The first-order valence-electron chi connectivity index (χ1n) is 8.72. The molecule has 0 aliphatic rings. The summed E-state index contributed by atoms with van der Waals surface area (Å²) in [7, 11) is -2.03. The van der Waals surface area contributed by atoms with Gasteiger partial charge in [0.15, 0.2) is 10.8 Å². The second kappa shape index (κ2) is 6.40. The molecule has 0 atom stereocenters. The summed E-state index contributed by atoms with van der Waals surface area (Å²) in [5.74, 6) is 0. The number of fused-ring (bicyclic) bond motifs is 2. The van der Waals surface area contributed by atoms with E-state index in [1.807, 2.05) is 12.1 Å². The molecule has 0 spiro atoms. The Hall–Kier alpha value is -3.23. The molecule has 1 aromatic carbocycles. The van der Waals surface area contributed by atoms with Crippen LogP contribution < -0.4 is 0 Å². The Labute approximate surface area is 171 Å². The van der Waals surface area contributed by atoms with Crippen molar-refractivity contribution in [3.8, 4) is 11.3 Å². The van der Waals surface area contributed by atoms with Gasteiger partial charge in [-0.2, -0.15) is 5.10 Å². The van der Waals surface area contributed by atoms with Gasteiger partial charge in [-0.15, -0.1) is 0 Å². The van der Waals surface area contributed by atoms with Gasteiger partial charge in [-0.05, 0) is 30.3 Å². The van der Waals surface area contributed by atoms with E-state index >= 15 is 0 Å². The molecule has 7 nitrogen and oxygen atoms in total. The first kappa shape index (κ1) is 17.8. The minimum absolute atomic E-state index is 0.183. The number of aromatic nitrogens is 5. The van der Waals surface area contributed by atoms with Crippen molar-refractivity contribution in [3.63, 3.8) is 0 Å². The fraction of sp³-hybridized carbons (Fsp3) is 0.0500. The van der Waals surface area contributed by atoms with Crippen molar-refractivity contribution >= 4 is 43.6 Å². The van der Waals surface area contributed by atoms with E-state index in [0.717, 1.165) is 5.39 Å². The first-order chi connectivity index (χ1) is 14.0. The van der Waals surface area contributed by atoms with Crippen molar-refractivity contribution in [1.29, 1.82) is 0 Å². The average Bonchev–Trinajstić information content (AvgIpc) is 3.30. The van der Waals surface area contributed by atoms with Crippen LogP contribution in [0.1, 0.15) is 0 Å². The number of halogens is 1. The Bertz CT molecular complexity index is 1490. The SMILES string of the molecule is Cn1ncc2cc(-c3cn(S(=O)(=O)c4ccccc4)c4ncccc34)nc(Cl)c21. The lowest BCUT2D eigenvalue weighted by molar-refractivity contribution is 0.589. The summed E-state index contributed by atoms with van der Waals surface area (Å²) >= 11 is 6.39. The van der Waals surface area contributed by atoms with Gasteiger partial charge in [-0.1, -0.05) is 29.8 Å². The number of hydrogen-bond donors (Lipinski definition) is 0. The van der Waals surface area contributed by atoms with Crippen molar-refractivity contribution in [3.05, 3.63) is 72.3 Å². The monoisotopic (exact) mass is 423 g/mol. The third-order valence-electron chi connectivity index (χ3n) is 4.78. The van der Waals surface area contributed by atoms with Crippen LogP contribution in [0, 0.1) is 0 Å². The van der Waals surface area contributed by atoms with E-state index < -0.39 is 10.0 Å². The van der Waals surface area contributed by atoms with Crippen molar-refractivity contribution in [1.82, 2.24) is 23.7 Å². The zero-order chi connectivity index (χ0) is 20.2. The van der Waals surface area contributed by atoms with Crippen LogP contribution in [0.2, 0.25) is 5.15 Å². The van der Waals surface area contributed by atoms with E-state index in [2.05, 4.69) is 15.1 Å². The summed E-state index contributed by atoms with van der Waals surface area (Å²) < 4.78 is 29.3. The lowest BCUT2D eigenvalue weighted by atomic mass is 10.1. The van der Waals surface area contributed by atoms with Crippen LogP contribution in [0.25, 0.3) is 33.2 Å². The Balaban J connectivity index is 1.79. The average molecular weight is 424 g/mol. The molecule has 144 valence electrons. The van der Waals surface area contributed by atoms with Gasteiger partial charge < -0.3 is 0 Å². The van der Waals surface area contributed by atoms with Crippen molar-refractivity contribution in [2.24, 2.45) is 7.05 Å². The van der Waals surface area contributed by atoms with Crippen LogP contribution in [0.15, 0.2) is 72.0 Å². The van der Waals surface area contributed by atoms with E-state index in [9.17, 15) is 8.42 Å². The standard InChI is InChI=1S/C20H14ClN5O2S/c1-25-18-13(11-23-25)10-17(24-19(18)21)16-12-26(20-15(16)8-5-9-22-20)29(27,28)14-6-3-2-4-7-14/h2-12H,1H3. The number of nitrogens with zero attached hydrogens (tertiary/aromatic N) is 5. The van der Waals surface area contributed by atoms with Crippen LogP contribution in [0.4, 0.5) is 0 Å². The molecule has 0 bridgehead atoms. The Morgan fingerprint density at radius 3 is 2.66 bits per heavy atom. The van der Waals surface area contributed by atoms with Crippen molar-refractivity contribution in [2.45, 2.75) is 4.90 Å². The Kier molecular flexibility index (Phi) is 3.94. The van der Waals surface area contributed by atoms with E-state index in [-0.39, 0.29) is 4.90 Å². The minimum Gasteiger partial charge on any atom is -0.265 e. The molecule has 0 aliphatic carbocycles. The first-order valence-corrected chi connectivity index (χ1v) is 10.5. The predicted molar refractivity (Wildman–Crippen MR) is 111 cm³/mol. The Morgan fingerprint density at radius 1 is 1.07 bits per heavy atom. The zero-order valence-electron chi connectivity index (χ0n) is 15.2. The van der Waals surface area contributed by atoms with E-state index in [1.165, 1.54) is 3.97 Å². The zero-order valence-corrected chi connectivity index (χ0v) is 16.8. The molecule has 0 fully saturated rings. The molecule has 5 rings (SSSR count). The van der Waals surface area contributed by atoms with Crippen molar-refractivity contribution < 1.29 is 8.42 Å². The van der Waals surface area contributed by atoms with Gasteiger partial charge in [0.2, 0.25) is 0 Å². The minimum atomic E-state index is -3.82. The van der Waals surface area contributed by atoms with Crippen LogP contribution >= 0.6 is 11.6 Å². The highest BCUT2D eigenvalue weighted by atomic mass is 35.5. The van der Waals surface area contributed by atoms with Crippen LogP contribution in [-0.4, -0.2) is 32.1 Å². The van der Waals surface area contributed by atoms with Crippen LogP contribution in [0.5, 0.6) is 0 Å². The fourth-order valence-electron chi connectivity index (χ4n) is 3.41. The van der Waals surface area contributed by atoms with Gasteiger partial charge in [0, 0.05) is 35.8 Å². The normalized spacial score (nSPS) is 12.1. The topological polar surface area (TPSA) is 82.7 Å². The molecule has 0 aliphatic heterocycles. The molecule has 0 N–H and O–H groups in total. The maximum Gasteiger partial charge on any atom is 0.269 e. The molecular formula is C20H14ClN5O2S. The van der Waals surface area contributed by atoms with Crippen molar-refractivity contribution in [2.75, 3.05) is 0 Å². The highest BCUT2D eigenvalue weighted by Crippen LogP contribution is 2.34. The lowest BCUT2D eigenvalue weighted by Crippen LogP contribution is -2.12. The quantitative estimate of drug-likeness (QED) is 0.411. The predicted octanol–water partition coefficient (Wildman–Crippen LogP) is 3.88. The number of pyridine rings is 2. The van der Waals surface area contributed by atoms with Gasteiger partial charge in [0.1, 0.15) is 5.52 Å². The molecule has 0 amide bonds. The molecular weight excluding hydrogens is 410 g/mol. The summed E-state index contributed by atoms with van der Waals surface area (Å²) in [6.45, 7) is 0. The molecule has 0 saturated heterocycles. The largest absolute Gasteiger partial charge is 0.269 e. The molecule has 0 radical (unpaired) electrons. The summed E-state index contributed by atoms with van der Waals surface area (Å²) in [6, 6.07) is 13.7.